The van der Waals surface area contributed by atoms with Crippen LogP contribution in [0, 0.1) is 5.92 Å². The van der Waals surface area contributed by atoms with Crippen LogP contribution in [-0.4, -0.2) is 24.0 Å². The van der Waals surface area contributed by atoms with Gasteiger partial charge in [-0.2, -0.15) is 0 Å². The molecule has 1 rings (SSSR count). The lowest BCUT2D eigenvalue weighted by molar-refractivity contribution is -0.120. The Morgan fingerprint density at radius 1 is 1.37 bits per heavy atom. The Kier molecular flexibility index (Phi) is 5.76. The van der Waals surface area contributed by atoms with Crippen molar-refractivity contribution >= 4 is 23.1 Å². The molecule has 0 spiro atoms. The maximum absolute atomic E-state index is 11.9. The summed E-state index contributed by atoms with van der Waals surface area (Å²) in [5, 5.41) is 2.86. The van der Waals surface area contributed by atoms with E-state index < -0.39 is 0 Å². The third-order valence-electron chi connectivity index (χ3n) is 2.81. The van der Waals surface area contributed by atoms with Gasteiger partial charge >= 0.3 is 0 Å². The third kappa shape index (κ3) is 4.87. The Labute approximate surface area is 119 Å². The van der Waals surface area contributed by atoms with E-state index in [0.29, 0.717) is 11.4 Å². The first kappa shape index (κ1) is 15.4. The van der Waals surface area contributed by atoms with Gasteiger partial charge in [0.05, 0.1) is 24.6 Å². The van der Waals surface area contributed by atoms with E-state index in [9.17, 15) is 4.79 Å². The number of hydrogen-bond donors (Lipinski definition) is 2. The maximum atomic E-state index is 11.9. The maximum Gasteiger partial charge on any atom is 0.224 e. The summed E-state index contributed by atoms with van der Waals surface area (Å²) in [7, 11) is 1.61. The third-order valence-corrected chi connectivity index (χ3v) is 3.07. The van der Waals surface area contributed by atoms with Gasteiger partial charge in [-0.1, -0.05) is 38.2 Å². The van der Waals surface area contributed by atoms with Crippen LogP contribution in [0.4, 0.5) is 0 Å². The molecule has 0 saturated heterocycles. The molecule has 0 heterocycles. The average molecular weight is 280 g/mol. The molecule has 1 atom stereocenters. The number of benzene rings is 1. The number of thiocarbonyl (C=S) groups is 1. The predicted molar refractivity (Wildman–Crippen MR) is 80.3 cm³/mol. The van der Waals surface area contributed by atoms with Crippen molar-refractivity contribution in [1.29, 1.82) is 0 Å². The summed E-state index contributed by atoms with van der Waals surface area (Å²) >= 11 is 4.96. The lowest BCUT2D eigenvalue weighted by Crippen LogP contribution is -2.47. The van der Waals surface area contributed by atoms with Gasteiger partial charge in [0.1, 0.15) is 5.75 Å². The number of hydrogen-bond acceptors (Lipinski definition) is 3. The first-order valence-electron chi connectivity index (χ1n) is 6.15. The molecule has 5 heteroatoms. The van der Waals surface area contributed by atoms with Gasteiger partial charge in [0.15, 0.2) is 0 Å². The Bertz CT molecular complexity index is 443. The van der Waals surface area contributed by atoms with Crippen molar-refractivity contribution in [2.75, 3.05) is 7.11 Å². The summed E-state index contributed by atoms with van der Waals surface area (Å²) in [5.41, 5.74) is 6.54. The average Bonchev–Trinajstić information content (AvgIpc) is 2.36. The molecule has 19 heavy (non-hydrogen) atoms. The molecule has 1 aromatic carbocycles. The fraction of sp³-hybridized carbons (Fsp3) is 0.429. The molecule has 0 aromatic heterocycles. The van der Waals surface area contributed by atoms with Crippen LogP contribution in [0.25, 0.3) is 0 Å². The highest BCUT2D eigenvalue weighted by molar-refractivity contribution is 7.80. The standard InChI is InChI=1S/C14H20N2O2S/c1-9(2)13(14(15)19)16-12(17)8-10-4-6-11(18-3)7-5-10/h4-7,9,13H,8H2,1-3H3,(H2,15,19)(H,16,17). The topological polar surface area (TPSA) is 64.3 Å². The van der Waals surface area contributed by atoms with E-state index in [4.69, 9.17) is 22.7 Å². The van der Waals surface area contributed by atoms with Crippen LogP contribution in [0.2, 0.25) is 0 Å². The molecule has 0 aliphatic carbocycles. The number of rotatable bonds is 6. The number of methoxy groups -OCH3 is 1. The molecule has 1 aromatic rings. The molecule has 1 unspecified atom stereocenters. The van der Waals surface area contributed by atoms with E-state index in [0.717, 1.165) is 11.3 Å². The van der Waals surface area contributed by atoms with Crippen molar-refractivity contribution in [1.82, 2.24) is 5.32 Å². The molecular weight excluding hydrogens is 260 g/mol. The first-order chi connectivity index (χ1) is 8.93. The number of carbonyl (C=O) groups is 1. The van der Waals surface area contributed by atoms with Crippen LogP contribution in [0.3, 0.4) is 0 Å². The minimum atomic E-state index is -0.263. The zero-order valence-electron chi connectivity index (χ0n) is 11.5. The van der Waals surface area contributed by atoms with E-state index in [1.54, 1.807) is 7.11 Å². The molecule has 4 nitrogen and oxygen atoms in total. The summed E-state index contributed by atoms with van der Waals surface area (Å²) in [6.07, 6.45) is 0.301. The number of ether oxygens (including phenoxy) is 1. The summed E-state index contributed by atoms with van der Waals surface area (Å²) < 4.78 is 5.07. The molecule has 0 saturated carbocycles. The van der Waals surface area contributed by atoms with E-state index in [1.807, 2.05) is 38.1 Å². The van der Waals surface area contributed by atoms with Crippen molar-refractivity contribution in [3.05, 3.63) is 29.8 Å². The highest BCUT2D eigenvalue weighted by Crippen LogP contribution is 2.12. The molecule has 0 aliphatic heterocycles. The fourth-order valence-corrected chi connectivity index (χ4v) is 2.05. The van der Waals surface area contributed by atoms with Crippen LogP contribution >= 0.6 is 12.2 Å². The van der Waals surface area contributed by atoms with Crippen LogP contribution < -0.4 is 15.8 Å². The lowest BCUT2D eigenvalue weighted by atomic mass is 10.0. The summed E-state index contributed by atoms with van der Waals surface area (Å²) in [5.74, 6) is 0.862. The highest BCUT2D eigenvalue weighted by Gasteiger charge is 2.18. The number of carbonyl (C=O) groups excluding carboxylic acids is 1. The zero-order chi connectivity index (χ0) is 14.4. The molecule has 0 fully saturated rings. The molecule has 0 aliphatic rings. The lowest BCUT2D eigenvalue weighted by Gasteiger charge is -2.21. The first-order valence-corrected chi connectivity index (χ1v) is 6.56. The predicted octanol–water partition coefficient (Wildman–Crippen LogP) is 1.66. The SMILES string of the molecule is COc1ccc(CC(=O)NC(C(N)=S)C(C)C)cc1. The number of nitrogens with two attached hydrogens (primary N) is 1. The van der Waals surface area contributed by atoms with E-state index in [2.05, 4.69) is 5.32 Å². The van der Waals surface area contributed by atoms with Crippen molar-refractivity contribution in [2.24, 2.45) is 11.7 Å². The van der Waals surface area contributed by atoms with Gasteiger partial charge in [-0.3, -0.25) is 4.79 Å². The molecular formula is C14H20N2O2S. The summed E-state index contributed by atoms with van der Waals surface area (Å²) in [6.45, 7) is 3.94. The van der Waals surface area contributed by atoms with Crippen LogP contribution in [0.5, 0.6) is 5.75 Å². The van der Waals surface area contributed by atoms with Crippen molar-refractivity contribution in [2.45, 2.75) is 26.3 Å². The largest absolute Gasteiger partial charge is 0.497 e. The Morgan fingerprint density at radius 3 is 2.37 bits per heavy atom. The molecule has 3 N–H and O–H groups in total. The summed E-state index contributed by atoms with van der Waals surface area (Å²) in [4.78, 5) is 12.2. The quantitative estimate of drug-likeness (QED) is 0.778. The molecule has 1 amide bonds. The second kappa shape index (κ2) is 7.09. The molecule has 0 bridgehead atoms. The normalized spacial score (nSPS) is 12.0. The van der Waals surface area contributed by atoms with Gasteiger partial charge in [0, 0.05) is 0 Å². The van der Waals surface area contributed by atoms with Gasteiger partial charge in [-0.25, -0.2) is 0 Å². The second-order valence-electron chi connectivity index (χ2n) is 4.72. The Balaban J connectivity index is 2.61. The van der Waals surface area contributed by atoms with Crippen LogP contribution in [0.1, 0.15) is 19.4 Å². The number of amides is 1. The Hall–Kier alpha value is -1.62. The summed E-state index contributed by atoms with van der Waals surface area (Å²) in [6, 6.07) is 7.13. The zero-order valence-corrected chi connectivity index (χ0v) is 12.3. The molecule has 104 valence electrons. The smallest absolute Gasteiger partial charge is 0.224 e. The van der Waals surface area contributed by atoms with Gasteiger partial charge < -0.3 is 15.8 Å². The van der Waals surface area contributed by atoms with Crippen molar-refractivity contribution in [3.8, 4) is 5.75 Å². The highest BCUT2D eigenvalue weighted by atomic mass is 32.1. The van der Waals surface area contributed by atoms with E-state index >= 15 is 0 Å². The van der Waals surface area contributed by atoms with Crippen molar-refractivity contribution in [3.63, 3.8) is 0 Å². The van der Waals surface area contributed by atoms with Crippen LogP contribution in [0.15, 0.2) is 24.3 Å². The van der Waals surface area contributed by atoms with Gasteiger partial charge in [0.2, 0.25) is 5.91 Å². The number of nitrogens with one attached hydrogen (secondary N) is 1. The Morgan fingerprint density at radius 2 is 1.95 bits per heavy atom. The van der Waals surface area contributed by atoms with E-state index in [-0.39, 0.29) is 17.9 Å². The van der Waals surface area contributed by atoms with E-state index in [1.165, 1.54) is 0 Å². The van der Waals surface area contributed by atoms with Crippen LogP contribution in [-0.2, 0) is 11.2 Å². The van der Waals surface area contributed by atoms with Crippen molar-refractivity contribution < 1.29 is 9.53 Å². The monoisotopic (exact) mass is 280 g/mol. The minimum Gasteiger partial charge on any atom is -0.497 e. The van der Waals surface area contributed by atoms with Gasteiger partial charge in [-0.15, -0.1) is 0 Å². The van der Waals surface area contributed by atoms with Gasteiger partial charge in [-0.05, 0) is 23.6 Å². The second-order valence-corrected chi connectivity index (χ2v) is 5.19. The minimum absolute atomic E-state index is 0.0864. The van der Waals surface area contributed by atoms with Gasteiger partial charge in [0.25, 0.3) is 0 Å². The molecule has 0 radical (unpaired) electrons. The fourth-order valence-electron chi connectivity index (χ4n) is 1.72.